The minimum Gasteiger partial charge on any atom is -0.352 e. The van der Waals surface area contributed by atoms with Gasteiger partial charge in [0.05, 0.1) is 16.8 Å². The molecule has 2 aromatic rings. The smallest absolute Gasteiger partial charge is 0.274 e. The zero-order valence-corrected chi connectivity index (χ0v) is 16.1. The number of hydrogen-bond donors (Lipinski definition) is 0. The van der Waals surface area contributed by atoms with Gasteiger partial charge in [-0.25, -0.2) is 15.0 Å². The minimum absolute atomic E-state index is 0.186. The summed E-state index contributed by atoms with van der Waals surface area (Å²) >= 11 is 6.23. The van der Waals surface area contributed by atoms with Crippen LogP contribution in [0.5, 0.6) is 0 Å². The molecular weight excluding hydrogens is 378 g/mol. The van der Waals surface area contributed by atoms with Crippen molar-refractivity contribution in [2.45, 2.75) is 12.8 Å². The standard InChI is InChI=1S/C19H20ClN7O/c20-15-13-23-19(27-6-1-2-7-27)24-16(15)18(28)26-10-8-25(9-11-26)17-14(12-21)4-3-5-22-17/h3-5,13H,1-2,6-11H2. The summed E-state index contributed by atoms with van der Waals surface area (Å²) in [5.41, 5.74) is 0.791. The summed E-state index contributed by atoms with van der Waals surface area (Å²) < 4.78 is 0. The zero-order valence-electron chi connectivity index (χ0n) is 15.4. The molecule has 0 N–H and O–H groups in total. The third-order valence-electron chi connectivity index (χ3n) is 5.10. The molecule has 0 atom stereocenters. The number of nitrogens with zero attached hydrogens (tertiary/aromatic N) is 7. The molecule has 9 heteroatoms. The van der Waals surface area contributed by atoms with E-state index in [9.17, 15) is 10.1 Å². The third-order valence-corrected chi connectivity index (χ3v) is 5.37. The SMILES string of the molecule is N#Cc1cccnc1N1CCN(C(=O)c2nc(N3CCCC3)ncc2Cl)CC1. The van der Waals surface area contributed by atoms with E-state index in [0.29, 0.717) is 43.5 Å². The van der Waals surface area contributed by atoms with Gasteiger partial charge in [0.2, 0.25) is 5.95 Å². The van der Waals surface area contributed by atoms with Crippen LogP contribution in [-0.2, 0) is 0 Å². The van der Waals surface area contributed by atoms with Crippen molar-refractivity contribution in [3.05, 3.63) is 40.8 Å². The zero-order chi connectivity index (χ0) is 19.5. The van der Waals surface area contributed by atoms with Crippen molar-refractivity contribution in [3.8, 4) is 6.07 Å². The number of amides is 1. The first-order valence-corrected chi connectivity index (χ1v) is 9.72. The monoisotopic (exact) mass is 397 g/mol. The van der Waals surface area contributed by atoms with Gasteiger partial charge < -0.3 is 14.7 Å². The van der Waals surface area contributed by atoms with Crippen molar-refractivity contribution in [1.82, 2.24) is 19.9 Å². The average Bonchev–Trinajstić information content (AvgIpc) is 3.28. The van der Waals surface area contributed by atoms with Crippen LogP contribution in [-0.4, -0.2) is 65.0 Å². The van der Waals surface area contributed by atoms with E-state index in [4.69, 9.17) is 11.6 Å². The second kappa shape index (κ2) is 7.98. The van der Waals surface area contributed by atoms with Crippen molar-refractivity contribution in [1.29, 1.82) is 5.26 Å². The van der Waals surface area contributed by atoms with Gasteiger partial charge in [0.25, 0.3) is 5.91 Å². The molecule has 2 aliphatic heterocycles. The van der Waals surface area contributed by atoms with Gasteiger partial charge in [-0.15, -0.1) is 0 Å². The molecule has 28 heavy (non-hydrogen) atoms. The molecule has 0 saturated carbocycles. The van der Waals surface area contributed by atoms with Crippen molar-refractivity contribution in [3.63, 3.8) is 0 Å². The number of carbonyl (C=O) groups excluding carboxylic acids is 1. The maximum atomic E-state index is 13.0. The molecule has 8 nitrogen and oxygen atoms in total. The Morgan fingerprint density at radius 2 is 1.82 bits per heavy atom. The molecule has 2 aliphatic rings. The van der Waals surface area contributed by atoms with Crippen LogP contribution in [0, 0.1) is 11.3 Å². The number of hydrogen-bond acceptors (Lipinski definition) is 7. The molecular formula is C19H20ClN7O. The first kappa shape index (κ1) is 18.4. The third kappa shape index (κ3) is 3.58. The molecule has 0 bridgehead atoms. The lowest BCUT2D eigenvalue weighted by Crippen LogP contribution is -2.49. The number of halogens is 1. The number of aromatic nitrogens is 3. The predicted molar refractivity (Wildman–Crippen MR) is 106 cm³/mol. The van der Waals surface area contributed by atoms with Crippen LogP contribution in [0.2, 0.25) is 5.02 Å². The largest absolute Gasteiger partial charge is 0.352 e. The Balaban J connectivity index is 1.47. The van der Waals surface area contributed by atoms with Gasteiger partial charge >= 0.3 is 0 Å². The van der Waals surface area contributed by atoms with Gasteiger partial charge in [-0.1, -0.05) is 11.6 Å². The van der Waals surface area contributed by atoms with Gasteiger partial charge in [0.15, 0.2) is 5.69 Å². The van der Waals surface area contributed by atoms with Crippen molar-refractivity contribution in [2.24, 2.45) is 0 Å². The van der Waals surface area contributed by atoms with Crippen molar-refractivity contribution in [2.75, 3.05) is 49.1 Å². The van der Waals surface area contributed by atoms with E-state index in [1.807, 2.05) is 4.90 Å². The summed E-state index contributed by atoms with van der Waals surface area (Å²) in [6.07, 6.45) is 5.40. The number of carbonyl (C=O) groups is 1. The van der Waals surface area contributed by atoms with Gasteiger partial charge in [-0.2, -0.15) is 5.26 Å². The molecule has 2 aromatic heterocycles. The van der Waals surface area contributed by atoms with Gasteiger partial charge in [0, 0.05) is 45.5 Å². The molecule has 0 spiro atoms. The number of nitriles is 1. The highest BCUT2D eigenvalue weighted by Gasteiger charge is 2.27. The lowest BCUT2D eigenvalue weighted by molar-refractivity contribution is 0.0740. The molecule has 0 unspecified atom stereocenters. The summed E-state index contributed by atoms with van der Waals surface area (Å²) in [5.74, 6) is 1.04. The van der Waals surface area contributed by atoms with E-state index in [2.05, 4.69) is 25.9 Å². The Morgan fingerprint density at radius 3 is 2.54 bits per heavy atom. The van der Waals surface area contributed by atoms with Crippen molar-refractivity contribution >= 4 is 29.3 Å². The van der Waals surface area contributed by atoms with E-state index < -0.39 is 0 Å². The predicted octanol–water partition coefficient (Wildman–Crippen LogP) is 1.96. The lowest BCUT2D eigenvalue weighted by Gasteiger charge is -2.35. The first-order chi connectivity index (χ1) is 13.7. The number of piperazine rings is 1. The number of rotatable bonds is 3. The average molecular weight is 398 g/mol. The Kier molecular flexibility index (Phi) is 5.26. The minimum atomic E-state index is -0.186. The van der Waals surface area contributed by atoms with Crippen LogP contribution in [0.3, 0.4) is 0 Å². The summed E-state index contributed by atoms with van der Waals surface area (Å²) in [4.78, 5) is 31.9. The maximum absolute atomic E-state index is 13.0. The summed E-state index contributed by atoms with van der Waals surface area (Å²) in [7, 11) is 0. The Labute approximate surface area is 168 Å². The van der Waals surface area contributed by atoms with E-state index >= 15 is 0 Å². The van der Waals surface area contributed by atoms with Gasteiger partial charge in [-0.3, -0.25) is 4.79 Å². The van der Waals surface area contributed by atoms with Crippen LogP contribution in [0.4, 0.5) is 11.8 Å². The van der Waals surface area contributed by atoms with Crippen LogP contribution in [0.25, 0.3) is 0 Å². The van der Waals surface area contributed by atoms with E-state index in [-0.39, 0.29) is 16.6 Å². The second-order valence-electron chi connectivity index (χ2n) is 6.83. The molecule has 1 amide bonds. The fourth-order valence-electron chi connectivity index (χ4n) is 3.58. The molecule has 144 valence electrons. The van der Waals surface area contributed by atoms with Crippen molar-refractivity contribution < 1.29 is 4.79 Å². The van der Waals surface area contributed by atoms with E-state index in [0.717, 1.165) is 25.9 Å². The molecule has 2 saturated heterocycles. The first-order valence-electron chi connectivity index (χ1n) is 9.34. The van der Waals surface area contributed by atoms with Crippen LogP contribution in [0.15, 0.2) is 24.5 Å². The molecule has 0 aliphatic carbocycles. The number of anilines is 2. The highest BCUT2D eigenvalue weighted by molar-refractivity contribution is 6.33. The Morgan fingerprint density at radius 1 is 1.07 bits per heavy atom. The molecule has 4 heterocycles. The molecule has 0 aromatic carbocycles. The Bertz CT molecular complexity index is 915. The molecule has 2 fully saturated rings. The van der Waals surface area contributed by atoms with Crippen LogP contribution >= 0.6 is 11.6 Å². The van der Waals surface area contributed by atoms with Gasteiger partial charge in [0.1, 0.15) is 11.9 Å². The normalized spacial score (nSPS) is 16.9. The molecule has 0 radical (unpaired) electrons. The highest BCUT2D eigenvalue weighted by Crippen LogP contribution is 2.23. The van der Waals surface area contributed by atoms with E-state index in [1.165, 1.54) is 6.20 Å². The van der Waals surface area contributed by atoms with E-state index in [1.54, 1.807) is 23.2 Å². The fourth-order valence-corrected chi connectivity index (χ4v) is 3.76. The van der Waals surface area contributed by atoms with Gasteiger partial charge in [-0.05, 0) is 25.0 Å². The Hall–Kier alpha value is -2.92. The summed E-state index contributed by atoms with van der Waals surface area (Å²) in [6, 6.07) is 5.67. The number of pyridine rings is 1. The molecule has 4 rings (SSSR count). The summed E-state index contributed by atoms with van der Waals surface area (Å²) in [5, 5.41) is 9.54. The highest BCUT2D eigenvalue weighted by atomic mass is 35.5. The lowest BCUT2D eigenvalue weighted by atomic mass is 10.2. The maximum Gasteiger partial charge on any atom is 0.274 e. The summed E-state index contributed by atoms with van der Waals surface area (Å²) in [6.45, 7) is 4.02. The topological polar surface area (TPSA) is 89.2 Å². The second-order valence-corrected chi connectivity index (χ2v) is 7.23. The van der Waals surface area contributed by atoms with Crippen LogP contribution < -0.4 is 9.80 Å². The fraction of sp³-hybridized carbons (Fsp3) is 0.421. The van der Waals surface area contributed by atoms with Crippen LogP contribution in [0.1, 0.15) is 28.9 Å². The quantitative estimate of drug-likeness (QED) is 0.781.